The van der Waals surface area contributed by atoms with E-state index in [0.29, 0.717) is 12.1 Å². The Bertz CT molecular complexity index is 1090. The van der Waals surface area contributed by atoms with Gasteiger partial charge in [-0.1, -0.05) is 19.1 Å². The average molecular weight is 468 g/mol. The summed E-state index contributed by atoms with van der Waals surface area (Å²) in [5, 5.41) is 3.37. The first-order valence-electron chi connectivity index (χ1n) is 10.7. The molecule has 1 saturated heterocycles. The van der Waals surface area contributed by atoms with Gasteiger partial charge in [-0.05, 0) is 56.1 Å². The number of anilines is 2. The van der Waals surface area contributed by atoms with Crippen molar-refractivity contribution in [3.63, 3.8) is 0 Å². The molecule has 2 aromatic rings. The van der Waals surface area contributed by atoms with Gasteiger partial charge in [-0.3, -0.25) is 4.31 Å². The Morgan fingerprint density at radius 3 is 2.75 bits per heavy atom. The predicted molar refractivity (Wildman–Crippen MR) is 118 cm³/mol. The van der Waals surface area contributed by atoms with E-state index in [9.17, 15) is 17.2 Å². The number of alkyl halides is 2. The molecule has 2 heterocycles. The second kappa shape index (κ2) is 8.74. The van der Waals surface area contributed by atoms with Gasteiger partial charge < -0.3 is 19.7 Å². The van der Waals surface area contributed by atoms with E-state index < -0.39 is 22.1 Å². The number of sulfonamides is 1. The van der Waals surface area contributed by atoms with Crippen LogP contribution in [0.1, 0.15) is 25.3 Å². The van der Waals surface area contributed by atoms with Crippen molar-refractivity contribution in [3.05, 3.63) is 42.0 Å². The topological polar surface area (TPSA) is 71.1 Å². The molecule has 0 unspecified atom stereocenters. The molecule has 2 aliphatic rings. The molecule has 1 N–H and O–H groups in total. The van der Waals surface area contributed by atoms with Crippen LogP contribution in [0.2, 0.25) is 0 Å². The van der Waals surface area contributed by atoms with E-state index in [2.05, 4.69) is 19.7 Å². The van der Waals surface area contributed by atoms with Gasteiger partial charge in [0.15, 0.2) is 11.5 Å². The summed E-state index contributed by atoms with van der Waals surface area (Å²) in [7, 11) is -4.20. The molecule has 0 bridgehead atoms. The molecule has 0 atom stereocenters. The Kier molecular flexibility index (Phi) is 6.17. The molecule has 0 aliphatic carbocycles. The SMILES string of the molecule is CCCN(c1ccc(C)c(N2CCCNCC2)c1)S(=O)(=O)c1cccc2c1OC(F)(F)O2. The van der Waals surface area contributed by atoms with Crippen molar-refractivity contribution in [3.8, 4) is 11.5 Å². The molecule has 2 aliphatic heterocycles. The summed E-state index contributed by atoms with van der Waals surface area (Å²) in [4.78, 5) is 1.90. The van der Waals surface area contributed by atoms with Crippen molar-refractivity contribution in [2.75, 3.05) is 41.9 Å². The highest BCUT2D eigenvalue weighted by Gasteiger charge is 2.46. The van der Waals surface area contributed by atoms with Gasteiger partial charge in [-0.2, -0.15) is 0 Å². The Morgan fingerprint density at radius 2 is 1.97 bits per heavy atom. The molecule has 174 valence electrons. The number of aryl methyl sites for hydroxylation is 1. The fourth-order valence-corrected chi connectivity index (χ4v) is 5.72. The summed E-state index contributed by atoms with van der Waals surface area (Å²) < 4.78 is 64.8. The quantitative estimate of drug-likeness (QED) is 0.698. The zero-order valence-corrected chi connectivity index (χ0v) is 18.9. The van der Waals surface area contributed by atoms with Gasteiger partial charge in [0, 0.05) is 31.9 Å². The van der Waals surface area contributed by atoms with Crippen molar-refractivity contribution in [2.45, 2.75) is 37.9 Å². The number of ether oxygens (including phenoxy) is 2. The number of para-hydroxylation sites is 1. The van der Waals surface area contributed by atoms with E-state index in [4.69, 9.17) is 0 Å². The minimum atomic E-state index is -4.20. The molecule has 2 aromatic carbocycles. The highest BCUT2D eigenvalue weighted by atomic mass is 32.2. The predicted octanol–water partition coefficient (Wildman–Crippen LogP) is 3.72. The highest BCUT2D eigenvalue weighted by molar-refractivity contribution is 7.93. The third-order valence-electron chi connectivity index (χ3n) is 5.55. The molecule has 4 rings (SSSR count). The first-order valence-corrected chi connectivity index (χ1v) is 12.1. The highest BCUT2D eigenvalue weighted by Crippen LogP contribution is 2.46. The summed E-state index contributed by atoms with van der Waals surface area (Å²) in [6.07, 6.45) is -2.37. The van der Waals surface area contributed by atoms with Crippen LogP contribution >= 0.6 is 0 Å². The minimum Gasteiger partial charge on any atom is -0.395 e. The van der Waals surface area contributed by atoms with Gasteiger partial charge in [-0.25, -0.2) is 8.42 Å². The Morgan fingerprint density at radius 1 is 1.16 bits per heavy atom. The van der Waals surface area contributed by atoms with Crippen molar-refractivity contribution in [1.29, 1.82) is 0 Å². The third-order valence-corrected chi connectivity index (χ3v) is 7.40. The lowest BCUT2D eigenvalue weighted by atomic mass is 10.1. The number of benzene rings is 2. The van der Waals surface area contributed by atoms with Crippen LogP contribution in [0, 0.1) is 6.92 Å². The van der Waals surface area contributed by atoms with Gasteiger partial charge in [0.05, 0.1) is 5.69 Å². The van der Waals surface area contributed by atoms with Gasteiger partial charge in [0.1, 0.15) is 4.90 Å². The molecule has 1 fully saturated rings. The number of rotatable bonds is 6. The van der Waals surface area contributed by atoms with Gasteiger partial charge >= 0.3 is 6.29 Å². The first kappa shape index (κ1) is 22.6. The summed E-state index contributed by atoms with van der Waals surface area (Å²) >= 11 is 0. The maximum atomic E-state index is 13.7. The second-order valence-electron chi connectivity index (χ2n) is 7.89. The minimum absolute atomic E-state index is 0.188. The summed E-state index contributed by atoms with van der Waals surface area (Å²) in [6, 6.07) is 9.39. The standard InChI is InChI=1S/C22H27F2N3O4S/c1-3-12-27(17-9-8-16(2)18(15-17)26-13-5-10-25-11-14-26)32(28,29)20-7-4-6-19-21(20)31-22(23,24)30-19/h4,6-9,15,25H,3,5,10-14H2,1-2H3. The normalized spacial score (nSPS) is 17.8. The number of halogens is 2. The third kappa shape index (κ3) is 4.33. The van der Waals surface area contributed by atoms with E-state index in [1.165, 1.54) is 22.5 Å². The molecular weight excluding hydrogens is 440 g/mol. The molecule has 0 radical (unpaired) electrons. The number of hydrogen-bond acceptors (Lipinski definition) is 6. The zero-order valence-electron chi connectivity index (χ0n) is 18.1. The molecule has 0 aromatic heterocycles. The molecule has 0 amide bonds. The number of nitrogens with zero attached hydrogens (tertiary/aromatic N) is 2. The van der Waals surface area contributed by atoms with E-state index in [-0.39, 0.29) is 17.2 Å². The Balaban J connectivity index is 1.75. The van der Waals surface area contributed by atoms with Crippen LogP contribution in [0.4, 0.5) is 20.2 Å². The van der Waals surface area contributed by atoms with E-state index in [0.717, 1.165) is 43.9 Å². The summed E-state index contributed by atoms with van der Waals surface area (Å²) in [6.45, 7) is 7.52. The van der Waals surface area contributed by atoms with Crippen molar-refractivity contribution in [1.82, 2.24) is 5.32 Å². The fraction of sp³-hybridized carbons (Fsp3) is 0.455. The molecule has 32 heavy (non-hydrogen) atoms. The lowest BCUT2D eigenvalue weighted by molar-refractivity contribution is -0.287. The molecule has 10 heteroatoms. The van der Waals surface area contributed by atoms with Crippen LogP contribution < -0.4 is 24.0 Å². The number of hydrogen-bond donors (Lipinski definition) is 1. The van der Waals surface area contributed by atoms with Crippen LogP contribution in [0.15, 0.2) is 41.3 Å². The maximum Gasteiger partial charge on any atom is 0.586 e. The number of fused-ring (bicyclic) bond motifs is 1. The largest absolute Gasteiger partial charge is 0.586 e. The monoisotopic (exact) mass is 467 g/mol. The van der Waals surface area contributed by atoms with Crippen LogP contribution in [0.25, 0.3) is 0 Å². The van der Waals surface area contributed by atoms with Crippen molar-refractivity contribution in [2.24, 2.45) is 0 Å². The van der Waals surface area contributed by atoms with Crippen LogP contribution in [-0.2, 0) is 10.0 Å². The van der Waals surface area contributed by atoms with E-state index in [1.54, 1.807) is 6.07 Å². The summed E-state index contributed by atoms with van der Waals surface area (Å²) in [5.74, 6) is -0.765. The van der Waals surface area contributed by atoms with Gasteiger partial charge in [-0.15, -0.1) is 8.78 Å². The van der Waals surface area contributed by atoms with Crippen LogP contribution in [-0.4, -0.2) is 47.4 Å². The van der Waals surface area contributed by atoms with Gasteiger partial charge in [0.25, 0.3) is 10.0 Å². The molecule has 0 saturated carbocycles. The lowest BCUT2D eigenvalue weighted by Gasteiger charge is -2.29. The lowest BCUT2D eigenvalue weighted by Crippen LogP contribution is -2.33. The summed E-state index contributed by atoms with van der Waals surface area (Å²) in [5.41, 5.74) is 2.49. The molecule has 7 nitrogen and oxygen atoms in total. The second-order valence-corrected chi connectivity index (χ2v) is 9.72. The maximum absolute atomic E-state index is 13.7. The average Bonchev–Trinajstić information content (AvgIpc) is 2.90. The Labute approximate surface area is 187 Å². The fourth-order valence-electron chi connectivity index (χ4n) is 4.04. The Hall–Kier alpha value is -2.59. The molecular formula is C22H27F2N3O4S. The smallest absolute Gasteiger partial charge is 0.395 e. The van der Waals surface area contributed by atoms with Crippen molar-refractivity contribution >= 4 is 21.4 Å². The molecule has 0 spiro atoms. The number of nitrogens with one attached hydrogen (secondary N) is 1. The van der Waals surface area contributed by atoms with Crippen LogP contribution in [0.3, 0.4) is 0 Å². The van der Waals surface area contributed by atoms with Crippen LogP contribution in [0.5, 0.6) is 11.5 Å². The van der Waals surface area contributed by atoms with E-state index >= 15 is 0 Å². The first-order chi connectivity index (χ1) is 15.2. The zero-order chi connectivity index (χ0) is 22.9. The van der Waals surface area contributed by atoms with Gasteiger partial charge in [0.2, 0.25) is 0 Å². The van der Waals surface area contributed by atoms with E-state index in [1.807, 2.05) is 26.0 Å². The van der Waals surface area contributed by atoms with Crippen molar-refractivity contribution < 1.29 is 26.7 Å².